The lowest BCUT2D eigenvalue weighted by molar-refractivity contribution is 0.102. The molecule has 2 heterocycles. The zero-order valence-corrected chi connectivity index (χ0v) is 11.1. The molecular weight excluding hydrogens is 312 g/mol. The van der Waals surface area contributed by atoms with Gasteiger partial charge in [-0.15, -0.1) is 0 Å². The predicted octanol–water partition coefficient (Wildman–Crippen LogP) is 3.81. The van der Waals surface area contributed by atoms with Crippen molar-refractivity contribution in [3.05, 3.63) is 44.3 Å². The van der Waals surface area contributed by atoms with Crippen molar-refractivity contribution >= 4 is 50.5 Å². The molecule has 0 aliphatic carbocycles. The molecule has 3 nitrogen and oxygen atoms in total. The van der Waals surface area contributed by atoms with E-state index >= 15 is 0 Å². The smallest absolute Gasteiger partial charge is 0.258 e. The fourth-order valence-corrected chi connectivity index (χ4v) is 2.22. The summed E-state index contributed by atoms with van der Waals surface area (Å²) in [7, 11) is 0. The number of rotatable bonds is 2. The van der Waals surface area contributed by atoms with E-state index in [-0.39, 0.29) is 11.1 Å². The second-order valence-electron chi connectivity index (χ2n) is 2.96. The molecule has 0 aromatic carbocycles. The molecule has 1 amide bonds. The van der Waals surface area contributed by atoms with E-state index in [1.807, 2.05) is 16.8 Å². The number of amides is 1. The molecule has 2 aromatic rings. The molecule has 0 unspecified atom stereocenters. The standard InChI is InChI=1S/C10H6BrClN2OS/c11-6-3-8(9(12)13-4-6)10(15)14-7-1-2-16-5-7/h1-5H,(H,14,15). The van der Waals surface area contributed by atoms with Crippen LogP contribution in [0.25, 0.3) is 0 Å². The summed E-state index contributed by atoms with van der Waals surface area (Å²) in [6.07, 6.45) is 1.55. The molecule has 82 valence electrons. The second-order valence-corrected chi connectivity index (χ2v) is 5.01. The number of nitrogens with one attached hydrogen (secondary N) is 1. The molecule has 0 bridgehead atoms. The number of hydrogen-bond acceptors (Lipinski definition) is 3. The first-order chi connectivity index (χ1) is 7.66. The molecule has 0 spiro atoms. The van der Waals surface area contributed by atoms with Crippen LogP contribution in [0.5, 0.6) is 0 Å². The van der Waals surface area contributed by atoms with Gasteiger partial charge in [0.1, 0.15) is 5.15 Å². The zero-order valence-electron chi connectivity index (χ0n) is 7.91. The van der Waals surface area contributed by atoms with Crippen LogP contribution in [0.15, 0.2) is 33.6 Å². The number of halogens is 2. The summed E-state index contributed by atoms with van der Waals surface area (Å²) in [4.78, 5) is 15.7. The van der Waals surface area contributed by atoms with Gasteiger partial charge in [0, 0.05) is 16.0 Å². The first-order valence-corrected chi connectivity index (χ1v) is 6.43. The zero-order chi connectivity index (χ0) is 11.5. The van der Waals surface area contributed by atoms with Crippen molar-refractivity contribution in [3.63, 3.8) is 0 Å². The van der Waals surface area contributed by atoms with Crippen molar-refractivity contribution in [1.82, 2.24) is 4.98 Å². The Kier molecular flexibility index (Phi) is 3.58. The minimum absolute atomic E-state index is 0.191. The van der Waals surface area contributed by atoms with Crippen LogP contribution in [0.4, 0.5) is 5.69 Å². The van der Waals surface area contributed by atoms with Crippen LogP contribution in [-0.4, -0.2) is 10.9 Å². The van der Waals surface area contributed by atoms with Crippen molar-refractivity contribution in [2.24, 2.45) is 0 Å². The molecule has 0 aliphatic heterocycles. The van der Waals surface area contributed by atoms with Gasteiger partial charge in [0.25, 0.3) is 5.91 Å². The maximum absolute atomic E-state index is 11.8. The summed E-state index contributed by atoms with van der Waals surface area (Å²) in [5, 5.41) is 6.65. The van der Waals surface area contributed by atoms with E-state index in [2.05, 4.69) is 26.2 Å². The first kappa shape index (κ1) is 11.6. The molecule has 0 atom stereocenters. The van der Waals surface area contributed by atoms with Gasteiger partial charge < -0.3 is 5.32 Å². The van der Waals surface area contributed by atoms with Gasteiger partial charge >= 0.3 is 0 Å². The van der Waals surface area contributed by atoms with Gasteiger partial charge in [-0.2, -0.15) is 11.3 Å². The summed E-state index contributed by atoms with van der Waals surface area (Å²) in [5.74, 6) is -0.266. The number of aromatic nitrogens is 1. The van der Waals surface area contributed by atoms with E-state index in [9.17, 15) is 4.79 Å². The average Bonchev–Trinajstić information content (AvgIpc) is 2.74. The van der Waals surface area contributed by atoms with Gasteiger partial charge in [-0.25, -0.2) is 4.98 Å². The highest BCUT2D eigenvalue weighted by atomic mass is 79.9. The Labute approximate surface area is 110 Å². The molecule has 0 radical (unpaired) electrons. The van der Waals surface area contributed by atoms with Crippen molar-refractivity contribution in [2.75, 3.05) is 5.32 Å². The molecule has 0 saturated heterocycles. The van der Waals surface area contributed by atoms with Crippen LogP contribution >= 0.6 is 38.9 Å². The Morgan fingerprint density at radius 1 is 1.56 bits per heavy atom. The number of hydrogen-bond donors (Lipinski definition) is 1. The highest BCUT2D eigenvalue weighted by Gasteiger charge is 2.12. The summed E-state index contributed by atoms with van der Waals surface area (Å²) in [6, 6.07) is 3.46. The van der Waals surface area contributed by atoms with Gasteiger partial charge in [0.15, 0.2) is 0 Å². The number of carbonyl (C=O) groups is 1. The number of pyridine rings is 1. The quantitative estimate of drug-likeness (QED) is 0.856. The van der Waals surface area contributed by atoms with Crippen LogP contribution in [0, 0.1) is 0 Å². The molecule has 0 aliphatic rings. The lowest BCUT2D eigenvalue weighted by atomic mass is 10.2. The van der Waals surface area contributed by atoms with E-state index in [4.69, 9.17) is 11.6 Å². The SMILES string of the molecule is O=C(Nc1ccsc1)c1cc(Br)cnc1Cl. The fourth-order valence-electron chi connectivity index (χ4n) is 1.12. The van der Waals surface area contributed by atoms with Gasteiger partial charge in [-0.3, -0.25) is 4.79 Å². The van der Waals surface area contributed by atoms with Crippen LogP contribution in [-0.2, 0) is 0 Å². The summed E-state index contributed by atoms with van der Waals surface area (Å²) in [5.41, 5.74) is 1.10. The van der Waals surface area contributed by atoms with Crippen LogP contribution in [0.2, 0.25) is 5.15 Å². The van der Waals surface area contributed by atoms with E-state index in [1.54, 1.807) is 12.3 Å². The third kappa shape index (κ3) is 2.61. The molecule has 6 heteroatoms. The highest BCUT2D eigenvalue weighted by Crippen LogP contribution is 2.20. The third-order valence-corrected chi connectivity index (χ3v) is 3.25. The van der Waals surface area contributed by atoms with E-state index in [1.165, 1.54) is 11.3 Å². The van der Waals surface area contributed by atoms with Crippen LogP contribution < -0.4 is 5.32 Å². The van der Waals surface area contributed by atoms with Crippen molar-refractivity contribution < 1.29 is 4.79 Å². The molecule has 2 rings (SSSR count). The van der Waals surface area contributed by atoms with Crippen LogP contribution in [0.3, 0.4) is 0 Å². The van der Waals surface area contributed by atoms with Crippen molar-refractivity contribution in [3.8, 4) is 0 Å². The predicted molar refractivity (Wildman–Crippen MR) is 69.2 cm³/mol. The lowest BCUT2D eigenvalue weighted by Gasteiger charge is -2.04. The lowest BCUT2D eigenvalue weighted by Crippen LogP contribution is -2.12. The van der Waals surface area contributed by atoms with Gasteiger partial charge in [0.05, 0.1) is 11.3 Å². The molecule has 0 saturated carbocycles. The highest BCUT2D eigenvalue weighted by molar-refractivity contribution is 9.10. The topological polar surface area (TPSA) is 42.0 Å². The second kappa shape index (κ2) is 4.95. The van der Waals surface area contributed by atoms with Crippen LogP contribution in [0.1, 0.15) is 10.4 Å². The van der Waals surface area contributed by atoms with E-state index in [0.717, 1.165) is 5.69 Å². The average molecular weight is 318 g/mol. The Morgan fingerprint density at radius 3 is 3.06 bits per heavy atom. The summed E-state index contributed by atoms with van der Waals surface area (Å²) in [6.45, 7) is 0. The number of carbonyl (C=O) groups excluding carboxylic acids is 1. The number of thiophene rings is 1. The van der Waals surface area contributed by atoms with Gasteiger partial charge in [0.2, 0.25) is 0 Å². The Balaban J connectivity index is 2.24. The Bertz CT molecular complexity index is 516. The van der Waals surface area contributed by atoms with Crippen molar-refractivity contribution in [1.29, 1.82) is 0 Å². The molecule has 2 aromatic heterocycles. The minimum Gasteiger partial charge on any atom is -0.321 e. The Hall–Kier alpha value is -0.910. The summed E-state index contributed by atoms with van der Waals surface area (Å²) < 4.78 is 0.715. The summed E-state index contributed by atoms with van der Waals surface area (Å²) >= 11 is 10.6. The van der Waals surface area contributed by atoms with Gasteiger partial charge in [-0.05, 0) is 33.4 Å². The maximum Gasteiger partial charge on any atom is 0.258 e. The fraction of sp³-hybridized carbons (Fsp3) is 0. The molecule has 0 fully saturated rings. The third-order valence-electron chi connectivity index (χ3n) is 1.83. The van der Waals surface area contributed by atoms with Crippen molar-refractivity contribution in [2.45, 2.75) is 0 Å². The van der Waals surface area contributed by atoms with E-state index in [0.29, 0.717) is 10.0 Å². The number of nitrogens with zero attached hydrogens (tertiary/aromatic N) is 1. The minimum atomic E-state index is -0.266. The normalized spacial score (nSPS) is 10.1. The molecule has 16 heavy (non-hydrogen) atoms. The maximum atomic E-state index is 11.8. The van der Waals surface area contributed by atoms with E-state index < -0.39 is 0 Å². The molecule has 1 N–H and O–H groups in total. The van der Waals surface area contributed by atoms with Gasteiger partial charge in [-0.1, -0.05) is 11.6 Å². The number of anilines is 1. The monoisotopic (exact) mass is 316 g/mol. The first-order valence-electron chi connectivity index (χ1n) is 4.31. The molecular formula is C10H6BrClN2OS. The Morgan fingerprint density at radius 2 is 2.38 bits per heavy atom. The largest absolute Gasteiger partial charge is 0.321 e.